The van der Waals surface area contributed by atoms with Crippen molar-refractivity contribution in [2.24, 2.45) is 0 Å². The van der Waals surface area contributed by atoms with E-state index in [9.17, 15) is 18.0 Å². The van der Waals surface area contributed by atoms with E-state index in [1.54, 1.807) is 24.3 Å². The number of nitrogens with one attached hydrogen (secondary N) is 1. The Morgan fingerprint density at radius 2 is 2.05 bits per heavy atom. The molecule has 108 valence electrons. The summed E-state index contributed by atoms with van der Waals surface area (Å²) in [5, 5.41) is 7.32. The Balaban J connectivity index is 2.29. The first kappa shape index (κ1) is 14.8. The first-order valence-electron chi connectivity index (χ1n) is 5.85. The predicted octanol–water partition coefficient (Wildman–Crippen LogP) is 3.98. The average molecular weight is 303 g/mol. The minimum absolute atomic E-state index is 0.0843. The van der Waals surface area contributed by atoms with Gasteiger partial charge in [-0.3, -0.25) is 4.79 Å². The smallest absolute Gasteiger partial charge is 0.404 e. The molecule has 1 aromatic heterocycles. The first-order chi connectivity index (χ1) is 9.39. The molecule has 0 aliphatic carbocycles. The first-order valence-corrected chi connectivity index (χ1v) is 6.90. The van der Waals surface area contributed by atoms with Gasteiger partial charge in [-0.05, 0) is 11.6 Å². The standard InChI is InChI=1S/C13H12F3NO2S/c14-13(15,16)12(20-6-5-11(18)19)9-7-17-10-4-2-1-3-8(9)10/h1-4,7,12,17H,5-6H2,(H,18,19)/t12-/m0/s1. The number of halogens is 3. The van der Waals surface area contributed by atoms with Crippen LogP contribution in [0.2, 0.25) is 0 Å². The van der Waals surface area contributed by atoms with Gasteiger partial charge >= 0.3 is 12.1 Å². The fourth-order valence-corrected chi connectivity index (χ4v) is 3.03. The van der Waals surface area contributed by atoms with Crippen molar-refractivity contribution in [1.29, 1.82) is 0 Å². The minimum atomic E-state index is -4.42. The van der Waals surface area contributed by atoms with Crippen molar-refractivity contribution in [2.75, 3.05) is 5.75 Å². The molecule has 1 atom stereocenters. The lowest BCUT2D eigenvalue weighted by atomic mass is 10.1. The van der Waals surface area contributed by atoms with E-state index in [1.165, 1.54) is 6.20 Å². The van der Waals surface area contributed by atoms with E-state index in [1.807, 2.05) is 0 Å². The lowest BCUT2D eigenvalue weighted by Gasteiger charge is -2.19. The summed E-state index contributed by atoms with van der Waals surface area (Å²) < 4.78 is 39.5. The molecule has 3 nitrogen and oxygen atoms in total. The fraction of sp³-hybridized carbons (Fsp3) is 0.308. The van der Waals surface area contributed by atoms with E-state index in [-0.39, 0.29) is 17.7 Å². The van der Waals surface area contributed by atoms with Crippen molar-refractivity contribution in [1.82, 2.24) is 4.98 Å². The van der Waals surface area contributed by atoms with Gasteiger partial charge in [0.15, 0.2) is 0 Å². The molecule has 0 unspecified atom stereocenters. The quantitative estimate of drug-likeness (QED) is 0.878. The van der Waals surface area contributed by atoms with Crippen LogP contribution in [-0.4, -0.2) is 28.0 Å². The molecule has 0 spiro atoms. The third-order valence-electron chi connectivity index (χ3n) is 2.80. The number of aromatic amines is 1. The second kappa shape index (κ2) is 5.78. The summed E-state index contributed by atoms with van der Waals surface area (Å²) in [4.78, 5) is 13.2. The highest BCUT2D eigenvalue weighted by Gasteiger charge is 2.42. The van der Waals surface area contributed by atoms with Gasteiger partial charge in [-0.25, -0.2) is 0 Å². The van der Waals surface area contributed by atoms with Crippen LogP contribution in [-0.2, 0) is 4.79 Å². The number of aromatic nitrogens is 1. The number of carboxylic acid groups (broad SMARTS) is 1. The Kier molecular flexibility index (Phi) is 4.27. The summed E-state index contributed by atoms with van der Waals surface area (Å²) in [7, 11) is 0. The molecular weight excluding hydrogens is 291 g/mol. The van der Waals surface area contributed by atoms with Crippen molar-refractivity contribution in [3.8, 4) is 0 Å². The largest absolute Gasteiger partial charge is 0.481 e. The van der Waals surface area contributed by atoms with Gasteiger partial charge in [-0.2, -0.15) is 13.2 Å². The highest BCUT2D eigenvalue weighted by atomic mass is 32.2. The van der Waals surface area contributed by atoms with Crippen LogP contribution in [0.5, 0.6) is 0 Å². The van der Waals surface area contributed by atoms with Gasteiger partial charge in [0, 0.05) is 22.9 Å². The second-order valence-electron chi connectivity index (χ2n) is 4.23. The van der Waals surface area contributed by atoms with Crippen molar-refractivity contribution in [2.45, 2.75) is 17.8 Å². The SMILES string of the molecule is O=C(O)CCS[C@@H](c1c[nH]c2ccccc12)C(F)(F)F. The van der Waals surface area contributed by atoms with Gasteiger partial charge in [-0.15, -0.1) is 11.8 Å². The van der Waals surface area contributed by atoms with Crippen LogP contribution in [0, 0.1) is 0 Å². The molecule has 0 saturated heterocycles. The molecule has 0 bridgehead atoms. The normalized spacial score (nSPS) is 13.6. The second-order valence-corrected chi connectivity index (χ2v) is 5.44. The molecule has 2 aromatic rings. The van der Waals surface area contributed by atoms with Crippen molar-refractivity contribution in [3.05, 3.63) is 36.0 Å². The van der Waals surface area contributed by atoms with E-state index in [4.69, 9.17) is 5.11 Å². The Bertz CT molecular complexity index is 609. The summed E-state index contributed by atoms with van der Waals surface area (Å²) in [5.74, 6) is -1.18. The molecule has 1 heterocycles. The Hall–Kier alpha value is -1.63. The summed E-state index contributed by atoms with van der Waals surface area (Å²) in [6.07, 6.45) is -3.37. The van der Waals surface area contributed by atoms with Gasteiger partial charge in [0.2, 0.25) is 0 Å². The number of alkyl halides is 3. The molecule has 0 aliphatic rings. The van der Waals surface area contributed by atoms with E-state index >= 15 is 0 Å². The number of benzene rings is 1. The van der Waals surface area contributed by atoms with Gasteiger partial charge in [0.25, 0.3) is 0 Å². The van der Waals surface area contributed by atoms with E-state index in [0.29, 0.717) is 22.7 Å². The topological polar surface area (TPSA) is 53.1 Å². The zero-order valence-electron chi connectivity index (χ0n) is 10.3. The van der Waals surface area contributed by atoms with Crippen LogP contribution in [0.15, 0.2) is 30.5 Å². The minimum Gasteiger partial charge on any atom is -0.481 e. The molecule has 0 radical (unpaired) electrons. The molecule has 0 aliphatic heterocycles. The predicted molar refractivity (Wildman–Crippen MR) is 71.8 cm³/mol. The number of rotatable bonds is 5. The molecule has 2 N–H and O–H groups in total. The summed E-state index contributed by atoms with van der Waals surface area (Å²) in [6.45, 7) is 0. The number of aliphatic carboxylic acids is 1. The number of thioether (sulfide) groups is 1. The van der Waals surface area contributed by atoms with Crippen LogP contribution >= 0.6 is 11.8 Å². The van der Waals surface area contributed by atoms with Crippen LogP contribution in [0.4, 0.5) is 13.2 Å². The Morgan fingerprint density at radius 3 is 2.70 bits per heavy atom. The molecule has 0 amide bonds. The molecule has 2 rings (SSSR count). The highest BCUT2D eigenvalue weighted by molar-refractivity contribution is 7.99. The van der Waals surface area contributed by atoms with Crippen LogP contribution < -0.4 is 0 Å². The van der Waals surface area contributed by atoms with Crippen molar-refractivity contribution in [3.63, 3.8) is 0 Å². The number of H-pyrrole nitrogens is 1. The fourth-order valence-electron chi connectivity index (χ4n) is 1.94. The highest BCUT2D eigenvalue weighted by Crippen LogP contribution is 2.45. The van der Waals surface area contributed by atoms with E-state index in [2.05, 4.69) is 4.98 Å². The average Bonchev–Trinajstić information content (AvgIpc) is 2.76. The lowest BCUT2D eigenvalue weighted by molar-refractivity contribution is -0.137. The van der Waals surface area contributed by atoms with Crippen molar-refractivity contribution < 1.29 is 23.1 Å². The number of fused-ring (bicyclic) bond motifs is 1. The third-order valence-corrected chi connectivity index (χ3v) is 4.10. The van der Waals surface area contributed by atoms with Crippen LogP contribution in [0.1, 0.15) is 17.2 Å². The number of carboxylic acids is 1. The number of hydrogen-bond donors (Lipinski definition) is 2. The zero-order chi connectivity index (χ0) is 14.8. The van der Waals surface area contributed by atoms with Gasteiger partial charge in [0.05, 0.1) is 6.42 Å². The van der Waals surface area contributed by atoms with E-state index in [0.717, 1.165) is 0 Å². The van der Waals surface area contributed by atoms with E-state index < -0.39 is 17.4 Å². The van der Waals surface area contributed by atoms with Gasteiger partial charge < -0.3 is 10.1 Å². The lowest BCUT2D eigenvalue weighted by Crippen LogP contribution is -2.18. The molecule has 7 heteroatoms. The molecule has 1 aromatic carbocycles. The summed E-state index contributed by atoms with van der Waals surface area (Å²) in [5.41, 5.74) is 0.777. The maximum absolute atomic E-state index is 13.2. The molecule has 20 heavy (non-hydrogen) atoms. The van der Waals surface area contributed by atoms with Crippen LogP contribution in [0.3, 0.4) is 0 Å². The zero-order valence-corrected chi connectivity index (χ0v) is 11.1. The Morgan fingerprint density at radius 1 is 1.35 bits per heavy atom. The number of carbonyl (C=O) groups is 1. The molecular formula is C13H12F3NO2S. The third kappa shape index (κ3) is 3.27. The van der Waals surface area contributed by atoms with Crippen LogP contribution in [0.25, 0.3) is 10.9 Å². The molecule has 0 fully saturated rings. The molecule has 0 saturated carbocycles. The van der Waals surface area contributed by atoms with Crippen molar-refractivity contribution >= 4 is 28.6 Å². The Labute approximate surface area is 117 Å². The maximum atomic E-state index is 13.2. The van der Waals surface area contributed by atoms with Gasteiger partial charge in [0.1, 0.15) is 5.25 Å². The van der Waals surface area contributed by atoms with Gasteiger partial charge in [-0.1, -0.05) is 18.2 Å². The number of hydrogen-bond acceptors (Lipinski definition) is 2. The number of para-hydroxylation sites is 1. The summed E-state index contributed by atoms with van der Waals surface area (Å²) >= 11 is 0.604. The monoisotopic (exact) mass is 303 g/mol. The maximum Gasteiger partial charge on any atom is 0.404 e. The summed E-state index contributed by atoms with van der Waals surface area (Å²) in [6, 6.07) is 6.74.